The van der Waals surface area contributed by atoms with Gasteiger partial charge in [0.1, 0.15) is 0 Å². The molecule has 0 saturated carbocycles. The van der Waals surface area contributed by atoms with Gasteiger partial charge in [0, 0.05) is 45.8 Å². The van der Waals surface area contributed by atoms with E-state index < -0.39 is 0 Å². The molecule has 6 nitrogen and oxygen atoms in total. The highest BCUT2D eigenvalue weighted by molar-refractivity contribution is 14.0. The van der Waals surface area contributed by atoms with E-state index in [2.05, 4.69) is 46.3 Å². The molecule has 148 valence electrons. The van der Waals surface area contributed by atoms with Gasteiger partial charge in [-0.25, -0.2) is 0 Å². The number of piperidine rings is 1. The molecule has 2 fully saturated rings. The molecule has 0 amide bonds. The van der Waals surface area contributed by atoms with Crippen molar-refractivity contribution in [3.8, 4) is 0 Å². The summed E-state index contributed by atoms with van der Waals surface area (Å²) in [6.45, 7) is 12.7. The van der Waals surface area contributed by atoms with Crippen LogP contribution in [0.1, 0.15) is 26.7 Å². The second kappa shape index (κ2) is 12.3. The molecule has 0 radical (unpaired) electrons. The van der Waals surface area contributed by atoms with E-state index in [1.807, 2.05) is 7.05 Å². The molecule has 7 heteroatoms. The van der Waals surface area contributed by atoms with Gasteiger partial charge in [-0.3, -0.25) is 9.89 Å². The Hall–Kier alpha value is -0.120. The highest BCUT2D eigenvalue weighted by Gasteiger charge is 2.24. The SMILES string of the molecule is CN=C(NCC1CCCN(C)C1)NCC(C(C)C)N1CCOCC1.I. The summed E-state index contributed by atoms with van der Waals surface area (Å²) in [4.78, 5) is 9.38. The quantitative estimate of drug-likeness (QED) is 0.352. The first-order chi connectivity index (χ1) is 11.6. The molecule has 0 aromatic rings. The Morgan fingerprint density at radius 3 is 2.52 bits per heavy atom. The normalized spacial score (nSPS) is 24.7. The molecule has 2 heterocycles. The molecule has 2 aliphatic heterocycles. The van der Waals surface area contributed by atoms with Crippen molar-refractivity contribution in [2.24, 2.45) is 16.8 Å². The molecular weight excluding hydrogens is 429 g/mol. The van der Waals surface area contributed by atoms with Crippen LogP contribution in [0.25, 0.3) is 0 Å². The maximum atomic E-state index is 5.49. The zero-order valence-electron chi connectivity index (χ0n) is 16.5. The van der Waals surface area contributed by atoms with Crippen molar-refractivity contribution in [2.75, 3.05) is 66.6 Å². The van der Waals surface area contributed by atoms with Gasteiger partial charge in [-0.2, -0.15) is 0 Å². The standard InChI is InChI=1S/C18H37N5O.HI/c1-15(2)17(23-8-10-24-11-9-23)13-21-18(19-3)20-12-16-6-5-7-22(4)14-16;/h15-17H,5-14H2,1-4H3,(H2,19,20,21);1H. The Balaban J connectivity index is 0.00000312. The van der Waals surface area contributed by atoms with Crippen LogP contribution in [0, 0.1) is 11.8 Å². The van der Waals surface area contributed by atoms with Crippen LogP contribution >= 0.6 is 24.0 Å². The third kappa shape index (κ3) is 7.97. The van der Waals surface area contributed by atoms with Crippen LogP contribution < -0.4 is 10.6 Å². The fraction of sp³-hybridized carbons (Fsp3) is 0.944. The monoisotopic (exact) mass is 467 g/mol. The molecule has 0 bridgehead atoms. The summed E-state index contributed by atoms with van der Waals surface area (Å²) in [5.74, 6) is 2.27. The highest BCUT2D eigenvalue weighted by Crippen LogP contribution is 2.14. The average Bonchev–Trinajstić information content (AvgIpc) is 2.58. The van der Waals surface area contributed by atoms with E-state index in [1.165, 1.54) is 25.9 Å². The molecule has 2 aliphatic rings. The van der Waals surface area contributed by atoms with E-state index in [-0.39, 0.29) is 24.0 Å². The van der Waals surface area contributed by atoms with Gasteiger partial charge < -0.3 is 20.3 Å². The first kappa shape index (κ1) is 22.9. The van der Waals surface area contributed by atoms with Crippen LogP contribution in [0.15, 0.2) is 4.99 Å². The number of aliphatic imine (C=N–C) groups is 1. The van der Waals surface area contributed by atoms with Crippen molar-refractivity contribution >= 4 is 29.9 Å². The first-order valence-corrected chi connectivity index (χ1v) is 9.55. The Morgan fingerprint density at radius 2 is 1.92 bits per heavy atom. The molecule has 0 aromatic carbocycles. The van der Waals surface area contributed by atoms with Crippen LogP contribution in [0.4, 0.5) is 0 Å². The van der Waals surface area contributed by atoms with E-state index >= 15 is 0 Å². The molecular formula is C18H38IN5O. The predicted molar refractivity (Wildman–Crippen MR) is 116 cm³/mol. The number of nitrogens with one attached hydrogen (secondary N) is 2. The molecule has 2 saturated heterocycles. The topological polar surface area (TPSA) is 52.1 Å². The lowest BCUT2D eigenvalue weighted by atomic mass is 9.98. The number of ether oxygens (including phenoxy) is 1. The van der Waals surface area contributed by atoms with Crippen molar-refractivity contribution < 1.29 is 4.74 Å². The molecule has 0 aromatic heterocycles. The summed E-state index contributed by atoms with van der Waals surface area (Å²) < 4.78 is 5.49. The maximum Gasteiger partial charge on any atom is 0.191 e. The van der Waals surface area contributed by atoms with Gasteiger partial charge in [-0.15, -0.1) is 24.0 Å². The van der Waals surface area contributed by atoms with Gasteiger partial charge in [0.25, 0.3) is 0 Å². The third-order valence-electron chi connectivity index (χ3n) is 5.27. The Labute approximate surface area is 171 Å². The van der Waals surface area contributed by atoms with Crippen LogP contribution in [0.3, 0.4) is 0 Å². The van der Waals surface area contributed by atoms with Gasteiger partial charge in [-0.1, -0.05) is 13.8 Å². The second-order valence-electron chi connectivity index (χ2n) is 7.56. The average molecular weight is 467 g/mol. The minimum Gasteiger partial charge on any atom is -0.379 e. The van der Waals surface area contributed by atoms with Crippen molar-refractivity contribution in [3.63, 3.8) is 0 Å². The van der Waals surface area contributed by atoms with Crippen molar-refractivity contribution in [1.29, 1.82) is 0 Å². The molecule has 2 unspecified atom stereocenters. The summed E-state index contributed by atoms with van der Waals surface area (Å²) in [5, 5.41) is 7.07. The van der Waals surface area contributed by atoms with E-state index in [0.717, 1.165) is 51.3 Å². The highest BCUT2D eigenvalue weighted by atomic mass is 127. The minimum atomic E-state index is 0. The molecule has 2 atom stereocenters. The van der Waals surface area contributed by atoms with Crippen molar-refractivity contribution in [1.82, 2.24) is 20.4 Å². The van der Waals surface area contributed by atoms with E-state index in [4.69, 9.17) is 4.74 Å². The summed E-state index contributed by atoms with van der Waals surface area (Å²) in [6.07, 6.45) is 2.62. The zero-order valence-corrected chi connectivity index (χ0v) is 18.8. The number of hydrogen-bond donors (Lipinski definition) is 2. The predicted octanol–water partition coefficient (Wildman–Crippen LogP) is 1.47. The van der Waals surface area contributed by atoms with Gasteiger partial charge >= 0.3 is 0 Å². The number of morpholine rings is 1. The number of guanidine groups is 1. The number of likely N-dealkylation sites (tertiary alicyclic amines) is 1. The van der Waals surface area contributed by atoms with Crippen LogP contribution in [0.5, 0.6) is 0 Å². The third-order valence-corrected chi connectivity index (χ3v) is 5.27. The maximum absolute atomic E-state index is 5.49. The molecule has 25 heavy (non-hydrogen) atoms. The van der Waals surface area contributed by atoms with Gasteiger partial charge in [0.2, 0.25) is 0 Å². The van der Waals surface area contributed by atoms with Gasteiger partial charge in [0.05, 0.1) is 13.2 Å². The number of rotatable bonds is 6. The molecule has 2 N–H and O–H groups in total. The Bertz CT molecular complexity index is 388. The lowest BCUT2D eigenvalue weighted by Crippen LogP contribution is -2.53. The van der Waals surface area contributed by atoms with Gasteiger partial charge in [-0.05, 0) is 38.3 Å². The van der Waals surface area contributed by atoms with Crippen LogP contribution in [0.2, 0.25) is 0 Å². The van der Waals surface area contributed by atoms with Crippen molar-refractivity contribution in [2.45, 2.75) is 32.7 Å². The van der Waals surface area contributed by atoms with E-state index in [0.29, 0.717) is 12.0 Å². The lowest BCUT2D eigenvalue weighted by molar-refractivity contribution is 0.00752. The van der Waals surface area contributed by atoms with Crippen LogP contribution in [-0.2, 0) is 4.74 Å². The second-order valence-corrected chi connectivity index (χ2v) is 7.56. The molecule has 2 rings (SSSR count). The zero-order chi connectivity index (χ0) is 17.4. The van der Waals surface area contributed by atoms with Gasteiger partial charge in [0.15, 0.2) is 5.96 Å². The Kier molecular flexibility index (Phi) is 11.3. The van der Waals surface area contributed by atoms with E-state index in [1.54, 1.807) is 0 Å². The fourth-order valence-electron chi connectivity index (χ4n) is 3.80. The number of hydrogen-bond acceptors (Lipinski definition) is 4. The summed E-state index contributed by atoms with van der Waals surface area (Å²) in [5.41, 5.74) is 0. The smallest absolute Gasteiger partial charge is 0.191 e. The minimum absolute atomic E-state index is 0. The van der Waals surface area contributed by atoms with E-state index in [9.17, 15) is 0 Å². The largest absolute Gasteiger partial charge is 0.379 e. The lowest BCUT2D eigenvalue weighted by Gasteiger charge is -2.37. The molecule has 0 spiro atoms. The summed E-state index contributed by atoms with van der Waals surface area (Å²) in [7, 11) is 4.08. The number of nitrogens with zero attached hydrogens (tertiary/aromatic N) is 3. The Morgan fingerprint density at radius 1 is 1.20 bits per heavy atom. The first-order valence-electron chi connectivity index (χ1n) is 9.55. The number of halogens is 1. The van der Waals surface area contributed by atoms with Crippen LogP contribution in [-0.4, -0.2) is 88.4 Å². The van der Waals surface area contributed by atoms with Crippen molar-refractivity contribution in [3.05, 3.63) is 0 Å². The molecule has 0 aliphatic carbocycles. The summed E-state index contributed by atoms with van der Waals surface area (Å²) >= 11 is 0. The summed E-state index contributed by atoms with van der Waals surface area (Å²) in [6, 6.07) is 0.522. The fourth-order valence-corrected chi connectivity index (χ4v) is 3.80.